The number of hydrogen-bond donors (Lipinski definition) is 1. The average molecular weight is 274 g/mol. The van der Waals surface area contributed by atoms with Gasteiger partial charge in [-0.2, -0.15) is 0 Å². The first kappa shape index (κ1) is 18.2. The van der Waals surface area contributed by atoms with Gasteiger partial charge in [-0.3, -0.25) is 9.59 Å². The minimum Gasteiger partial charge on any atom is -0.378 e. The number of unbranched alkanes of at least 4 members (excludes halogenated alkanes) is 4. The largest absolute Gasteiger partial charge is 0.378 e. The van der Waals surface area contributed by atoms with Gasteiger partial charge in [0.25, 0.3) is 0 Å². The van der Waals surface area contributed by atoms with Crippen molar-refractivity contribution in [2.45, 2.75) is 64.8 Å². The summed E-state index contributed by atoms with van der Waals surface area (Å²) >= 11 is 0. The molecule has 0 aromatic carbocycles. The maximum atomic E-state index is 11.7. The number of aldehydes is 1. The Bertz CT molecular complexity index is 230. The van der Waals surface area contributed by atoms with Crippen LogP contribution in [0.1, 0.15) is 52.4 Å². The Hall–Kier alpha value is -0.780. The summed E-state index contributed by atoms with van der Waals surface area (Å²) in [6, 6.07) is 0. The molecule has 5 nitrogen and oxygen atoms in total. The fraction of sp³-hybridized carbons (Fsp3) is 0.857. The van der Waals surface area contributed by atoms with E-state index in [0.717, 1.165) is 38.5 Å². The molecule has 0 spiro atoms. The van der Waals surface area contributed by atoms with Crippen LogP contribution in [0.2, 0.25) is 0 Å². The first-order chi connectivity index (χ1) is 9.17. The normalized spacial score (nSPS) is 12.6. The van der Waals surface area contributed by atoms with Crippen LogP contribution < -0.4 is 0 Å². The first-order valence-electron chi connectivity index (χ1n) is 7.07. The maximum Gasteiger partial charge on any atom is 0.224 e. The molecule has 0 fully saturated rings. The molecule has 0 amide bonds. The molecule has 0 heterocycles. The highest BCUT2D eigenvalue weighted by molar-refractivity contribution is 5.97. The summed E-state index contributed by atoms with van der Waals surface area (Å²) in [6.07, 6.45) is 3.18. The van der Waals surface area contributed by atoms with Crippen molar-refractivity contribution in [1.29, 1.82) is 0 Å². The molecule has 112 valence electrons. The van der Waals surface area contributed by atoms with Crippen molar-refractivity contribution < 1.29 is 24.2 Å². The van der Waals surface area contributed by atoms with E-state index >= 15 is 0 Å². The summed E-state index contributed by atoms with van der Waals surface area (Å²) in [5.74, 6) is -0.719. The van der Waals surface area contributed by atoms with E-state index in [1.807, 2.05) is 0 Å². The predicted octanol–water partition coefficient (Wildman–Crippen LogP) is 1.85. The molecule has 19 heavy (non-hydrogen) atoms. The fourth-order valence-corrected chi connectivity index (χ4v) is 1.50. The Labute approximate surface area is 115 Å². The number of aliphatic hydroxyl groups is 1. The van der Waals surface area contributed by atoms with Crippen molar-refractivity contribution >= 4 is 12.1 Å². The van der Waals surface area contributed by atoms with Crippen LogP contribution in [0.3, 0.4) is 0 Å². The van der Waals surface area contributed by atoms with E-state index in [4.69, 9.17) is 9.47 Å². The van der Waals surface area contributed by atoms with Crippen molar-refractivity contribution in [3.63, 3.8) is 0 Å². The van der Waals surface area contributed by atoms with Crippen LogP contribution in [-0.2, 0) is 19.1 Å². The minimum atomic E-state index is -1.66. The minimum absolute atomic E-state index is 0.195. The topological polar surface area (TPSA) is 72.8 Å². The molecule has 0 bridgehead atoms. The number of rotatable bonds is 13. The van der Waals surface area contributed by atoms with Crippen LogP contribution in [0, 0.1) is 0 Å². The molecule has 0 aromatic rings. The SMILES string of the molecule is CCCCCOC(OCCCCC)C(=O)C(O)C=O. The first-order valence-corrected chi connectivity index (χ1v) is 7.07. The molecule has 1 atom stereocenters. The molecule has 0 aliphatic heterocycles. The molecule has 0 aliphatic carbocycles. The van der Waals surface area contributed by atoms with Crippen molar-refractivity contribution in [3.8, 4) is 0 Å². The third-order valence-electron chi connectivity index (χ3n) is 2.69. The molecule has 1 N–H and O–H groups in total. The van der Waals surface area contributed by atoms with Gasteiger partial charge in [0.15, 0.2) is 12.4 Å². The number of Topliss-reactive ketones (excluding diaryl/α,β-unsaturated/α-hetero) is 1. The van der Waals surface area contributed by atoms with Gasteiger partial charge in [-0.15, -0.1) is 0 Å². The smallest absolute Gasteiger partial charge is 0.224 e. The van der Waals surface area contributed by atoms with Gasteiger partial charge < -0.3 is 14.6 Å². The summed E-state index contributed by atoms with van der Waals surface area (Å²) < 4.78 is 10.6. The lowest BCUT2D eigenvalue weighted by Crippen LogP contribution is -2.37. The summed E-state index contributed by atoms with van der Waals surface area (Å²) in [4.78, 5) is 22.1. The Morgan fingerprint density at radius 2 is 1.53 bits per heavy atom. The summed E-state index contributed by atoms with van der Waals surface area (Å²) in [5.41, 5.74) is 0. The molecule has 5 heteroatoms. The Morgan fingerprint density at radius 1 is 1.05 bits per heavy atom. The lowest BCUT2D eigenvalue weighted by atomic mass is 10.2. The van der Waals surface area contributed by atoms with E-state index < -0.39 is 18.2 Å². The maximum absolute atomic E-state index is 11.7. The molecule has 0 aromatic heterocycles. The zero-order chi connectivity index (χ0) is 14.5. The summed E-state index contributed by atoms with van der Waals surface area (Å²) in [5, 5.41) is 9.22. The molecule has 1 unspecified atom stereocenters. The molecular weight excluding hydrogens is 248 g/mol. The fourth-order valence-electron chi connectivity index (χ4n) is 1.50. The highest BCUT2D eigenvalue weighted by Crippen LogP contribution is 2.05. The van der Waals surface area contributed by atoms with E-state index in [1.54, 1.807) is 0 Å². The van der Waals surface area contributed by atoms with E-state index in [0.29, 0.717) is 13.2 Å². The highest BCUT2D eigenvalue weighted by atomic mass is 16.7. The third kappa shape index (κ3) is 8.86. The van der Waals surface area contributed by atoms with Crippen molar-refractivity contribution in [2.75, 3.05) is 13.2 Å². The Balaban J connectivity index is 4.13. The molecular formula is C14H26O5. The van der Waals surface area contributed by atoms with E-state index in [-0.39, 0.29) is 6.29 Å². The van der Waals surface area contributed by atoms with Gasteiger partial charge in [0, 0.05) is 0 Å². The van der Waals surface area contributed by atoms with Crippen LogP contribution >= 0.6 is 0 Å². The molecule has 0 aliphatic rings. The van der Waals surface area contributed by atoms with Gasteiger partial charge >= 0.3 is 0 Å². The highest BCUT2D eigenvalue weighted by Gasteiger charge is 2.26. The van der Waals surface area contributed by atoms with Gasteiger partial charge in [0.05, 0.1) is 13.2 Å². The molecule has 0 saturated carbocycles. The number of ketones is 1. The second kappa shape index (κ2) is 12.3. The quantitative estimate of drug-likeness (QED) is 0.240. The van der Waals surface area contributed by atoms with Crippen molar-refractivity contribution in [1.82, 2.24) is 0 Å². The number of hydrogen-bond acceptors (Lipinski definition) is 5. The van der Waals surface area contributed by atoms with Gasteiger partial charge in [-0.25, -0.2) is 0 Å². The van der Waals surface area contributed by atoms with E-state index in [2.05, 4.69) is 13.8 Å². The number of ether oxygens (including phenoxy) is 2. The van der Waals surface area contributed by atoms with Gasteiger partial charge in [0.2, 0.25) is 12.1 Å². The van der Waals surface area contributed by atoms with E-state index in [9.17, 15) is 14.7 Å². The van der Waals surface area contributed by atoms with Crippen molar-refractivity contribution in [3.05, 3.63) is 0 Å². The number of carbonyl (C=O) groups is 2. The van der Waals surface area contributed by atoms with Gasteiger partial charge in [-0.1, -0.05) is 39.5 Å². The van der Waals surface area contributed by atoms with Crippen LogP contribution in [0.25, 0.3) is 0 Å². The monoisotopic (exact) mass is 274 g/mol. The van der Waals surface area contributed by atoms with Gasteiger partial charge in [0.1, 0.15) is 0 Å². The van der Waals surface area contributed by atoms with Crippen LogP contribution in [-0.4, -0.2) is 42.8 Å². The standard InChI is InChI=1S/C14H26O5/c1-3-5-7-9-18-14(13(17)12(16)11-15)19-10-8-6-4-2/h11-12,14,16H,3-10H2,1-2H3. The zero-order valence-electron chi connectivity index (χ0n) is 12.0. The average Bonchev–Trinajstić information content (AvgIpc) is 2.44. The second-order valence-corrected chi connectivity index (χ2v) is 4.47. The number of aliphatic hydroxyl groups excluding tert-OH is 1. The third-order valence-corrected chi connectivity index (χ3v) is 2.69. The zero-order valence-corrected chi connectivity index (χ0v) is 12.0. The Morgan fingerprint density at radius 3 is 1.89 bits per heavy atom. The predicted molar refractivity (Wildman–Crippen MR) is 71.8 cm³/mol. The Kier molecular flexibility index (Phi) is 11.8. The van der Waals surface area contributed by atoms with Gasteiger partial charge in [-0.05, 0) is 12.8 Å². The summed E-state index contributed by atoms with van der Waals surface area (Å²) in [7, 11) is 0. The lowest BCUT2D eigenvalue weighted by molar-refractivity contribution is -0.178. The van der Waals surface area contributed by atoms with Crippen LogP contribution in [0.15, 0.2) is 0 Å². The second-order valence-electron chi connectivity index (χ2n) is 4.47. The molecule has 0 radical (unpaired) electrons. The number of carbonyl (C=O) groups excluding carboxylic acids is 2. The van der Waals surface area contributed by atoms with Crippen LogP contribution in [0.4, 0.5) is 0 Å². The van der Waals surface area contributed by atoms with Crippen molar-refractivity contribution in [2.24, 2.45) is 0 Å². The summed E-state index contributed by atoms with van der Waals surface area (Å²) in [6.45, 7) is 4.92. The lowest BCUT2D eigenvalue weighted by Gasteiger charge is -2.18. The molecule has 0 saturated heterocycles. The van der Waals surface area contributed by atoms with Crippen LogP contribution in [0.5, 0.6) is 0 Å². The molecule has 0 rings (SSSR count). The van der Waals surface area contributed by atoms with E-state index in [1.165, 1.54) is 0 Å².